The van der Waals surface area contributed by atoms with Gasteiger partial charge in [0.2, 0.25) is 0 Å². The Hall–Kier alpha value is -3.15. The summed E-state index contributed by atoms with van der Waals surface area (Å²) in [7, 11) is 1.57. The second kappa shape index (κ2) is 6.76. The molecule has 1 aromatic carbocycles. The Morgan fingerprint density at radius 3 is 2.64 bits per heavy atom. The summed E-state index contributed by atoms with van der Waals surface area (Å²) in [5.41, 5.74) is 2.06. The zero-order valence-corrected chi connectivity index (χ0v) is 14.0. The lowest BCUT2D eigenvalue weighted by Crippen LogP contribution is -2.40. The third-order valence-corrected chi connectivity index (χ3v) is 4.09. The van der Waals surface area contributed by atoms with Crippen LogP contribution in [0.5, 0.6) is 5.75 Å². The molecule has 0 saturated heterocycles. The van der Waals surface area contributed by atoms with E-state index in [9.17, 15) is 14.7 Å². The van der Waals surface area contributed by atoms with Crippen LogP contribution in [0.1, 0.15) is 12.5 Å². The Morgan fingerprint density at radius 2 is 2.04 bits per heavy atom. The highest BCUT2D eigenvalue weighted by molar-refractivity contribution is 6.53. The van der Waals surface area contributed by atoms with E-state index in [4.69, 9.17) is 4.74 Å². The number of nitrogens with zero attached hydrogens (tertiary/aromatic N) is 2. The summed E-state index contributed by atoms with van der Waals surface area (Å²) < 4.78 is 5.12. The molecule has 0 amide bonds. The van der Waals surface area contributed by atoms with E-state index in [1.807, 2.05) is 13.0 Å². The molecule has 1 unspecified atom stereocenters. The maximum absolute atomic E-state index is 12.2. The molecule has 1 aromatic rings. The zero-order valence-electron chi connectivity index (χ0n) is 14.0. The molecule has 6 heteroatoms. The number of carboxylic acid groups (broad SMARTS) is 1. The fourth-order valence-corrected chi connectivity index (χ4v) is 2.81. The number of carbonyl (C=O) groups is 2. The van der Waals surface area contributed by atoms with E-state index in [0.717, 1.165) is 11.1 Å². The van der Waals surface area contributed by atoms with Gasteiger partial charge in [0.15, 0.2) is 11.5 Å². The van der Waals surface area contributed by atoms with Crippen LogP contribution in [0.4, 0.5) is 0 Å². The van der Waals surface area contributed by atoms with Gasteiger partial charge in [0, 0.05) is 5.57 Å². The number of hydrogen-bond donors (Lipinski definition) is 1. The SMILES string of the molecule is COc1ccc(C2=CCN(C3C=CC(C)=CC3=O)N=C2C(=O)O)cc1. The highest BCUT2D eigenvalue weighted by atomic mass is 16.5. The van der Waals surface area contributed by atoms with E-state index in [0.29, 0.717) is 17.9 Å². The summed E-state index contributed by atoms with van der Waals surface area (Å²) in [5.74, 6) is -0.545. The molecule has 0 spiro atoms. The first-order valence-corrected chi connectivity index (χ1v) is 7.83. The lowest BCUT2D eigenvalue weighted by Gasteiger charge is -2.29. The Labute approximate surface area is 145 Å². The summed E-state index contributed by atoms with van der Waals surface area (Å²) in [6.45, 7) is 2.19. The molecule has 1 heterocycles. The van der Waals surface area contributed by atoms with E-state index in [1.165, 1.54) is 5.01 Å². The first-order chi connectivity index (χ1) is 12.0. The number of ether oxygens (including phenoxy) is 1. The largest absolute Gasteiger partial charge is 0.497 e. The zero-order chi connectivity index (χ0) is 18.0. The van der Waals surface area contributed by atoms with Crippen LogP contribution in [0, 0.1) is 0 Å². The monoisotopic (exact) mass is 338 g/mol. The van der Waals surface area contributed by atoms with Gasteiger partial charge in [-0.05, 0) is 36.3 Å². The van der Waals surface area contributed by atoms with Crippen LogP contribution in [0.25, 0.3) is 5.57 Å². The van der Waals surface area contributed by atoms with E-state index >= 15 is 0 Å². The maximum Gasteiger partial charge on any atom is 0.356 e. The van der Waals surface area contributed by atoms with Crippen LogP contribution in [0.2, 0.25) is 0 Å². The molecule has 6 nitrogen and oxygen atoms in total. The number of carboxylic acids is 1. The normalized spacial score (nSPS) is 19.9. The number of hydrazone groups is 1. The summed E-state index contributed by atoms with van der Waals surface area (Å²) in [4.78, 5) is 23.9. The predicted molar refractivity (Wildman–Crippen MR) is 94.4 cm³/mol. The Bertz CT molecular complexity index is 831. The lowest BCUT2D eigenvalue weighted by molar-refractivity contribution is -0.129. The van der Waals surface area contributed by atoms with Gasteiger partial charge in [-0.2, -0.15) is 5.10 Å². The molecule has 1 N–H and O–H groups in total. The first-order valence-electron chi connectivity index (χ1n) is 7.83. The van der Waals surface area contributed by atoms with Crippen molar-refractivity contribution >= 4 is 23.0 Å². The van der Waals surface area contributed by atoms with Crippen LogP contribution < -0.4 is 4.74 Å². The van der Waals surface area contributed by atoms with Crippen molar-refractivity contribution in [2.24, 2.45) is 5.10 Å². The predicted octanol–water partition coefficient (Wildman–Crippen LogP) is 2.29. The topological polar surface area (TPSA) is 79.2 Å². The first kappa shape index (κ1) is 16.7. The molecule has 1 atom stereocenters. The summed E-state index contributed by atoms with van der Waals surface area (Å²) in [6, 6.07) is 6.53. The third-order valence-electron chi connectivity index (χ3n) is 4.09. The van der Waals surface area contributed by atoms with Gasteiger partial charge in [-0.25, -0.2) is 4.79 Å². The minimum atomic E-state index is -1.13. The standard InChI is InChI=1S/C19H18N2O4/c1-12-3-8-16(17(22)11-12)21-10-9-15(18(20-21)19(23)24)13-4-6-14(25-2)7-5-13/h3-9,11,16H,10H2,1-2H3,(H,23,24). The van der Waals surface area contributed by atoms with Crippen molar-refractivity contribution in [2.45, 2.75) is 13.0 Å². The molecule has 0 aromatic heterocycles. The number of rotatable bonds is 4. The number of carbonyl (C=O) groups excluding carboxylic acids is 1. The minimum Gasteiger partial charge on any atom is -0.497 e. The highest BCUT2D eigenvalue weighted by Gasteiger charge is 2.29. The number of hydrogen-bond acceptors (Lipinski definition) is 5. The Balaban J connectivity index is 1.90. The van der Waals surface area contributed by atoms with Crippen LogP contribution >= 0.6 is 0 Å². The maximum atomic E-state index is 12.2. The molecule has 2 aliphatic rings. The van der Waals surface area contributed by atoms with Gasteiger partial charge in [0.25, 0.3) is 0 Å². The van der Waals surface area contributed by atoms with Crippen molar-refractivity contribution in [3.63, 3.8) is 0 Å². The third kappa shape index (κ3) is 3.38. The van der Waals surface area contributed by atoms with Gasteiger partial charge in [-0.15, -0.1) is 0 Å². The van der Waals surface area contributed by atoms with Gasteiger partial charge in [0.1, 0.15) is 11.8 Å². The summed E-state index contributed by atoms with van der Waals surface area (Å²) in [6.07, 6.45) is 6.91. The summed E-state index contributed by atoms with van der Waals surface area (Å²) in [5, 5.41) is 15.3. The minimum absolute atomic E-state index is 0.0797. The van der Waals surface area contributed by atoms with Gasteiger partial charge in [-0.3, -0.25) is 9.80 Å². The van der Waals surface area contributed by atoms with Crippen LogP contribution in [-0.2, 0) is 9.59 Å². The quantitative estimate of drug-likeness (QED) is 0.911. The molecule has 0 fully saturated rings. The fraction of sp³-hybridized carbons (Fsp3) is 0.211. The van der Waals surface area contributed by atoms with Crippen molar-refractivity contribution < 1.29 is 19.4 Å². The molecule has 3 rings (SSSR count). The van der Waals surface area contributed by atoms with Crippen molar-refractivity contribution in [1.82, 2.24) is 5.01 Å². The van der Waals surface area contributed by atoms with Crippen molar-refractivity contribution in [3.05, 3.63) is 59.7 Å². The van der Waals surface area contributed by atoms with Gasteiger partial charge >= 0.3 is 5.97 Å². The van der Waals surface area contributed by atoms with Crippen molar-refractivity contribution in [2.75, 3.05) is 13.7 Å². The molecule has 0 saturated carbocycles. The number of ketones is 1. The second-order valence-corrected chi connectivity index (χ2v) is 5.82. The molecule has 1 aliphatic carbocycles. The van der Waals surface area contributed by atoms with Crippen molar-refractivity contribution in [1.29, 1.82) is 0 Å². The summed E-state index contributed by atoms with van der Waals surface area (Å²) >= 11 is 0. The van der Waals surface area contributed by atoms with E-state index in [-0.39, 0.29) is 11.5 Å². The van der Waals surface area contributed by atoms with Crippen molar-refractivity contribution in [3.8, 4) is 5.75 Å². The second-order valence-electron chi connectivity index (χ2n) is 5.82. The average Bonchev–Trinajstić information content (AvgIpc) is 2.61. The number of aliphatic carboxylic acids is 1. The van der Waals surface area contributed by atoms with Crippen LogP contribution in [0.3, 0.4) is 0 Å². The Morgan fingerprint density at radius 1 is 1.32 bits per heavy atom. The number of methoxy groups -OCH3 is 1. The van der Waals surface area contributed by atoms with E-state index < -0.39 is 12.0 Å². The number of allylic oxidation sites excluding steroid dienone is 2. The highest BCUT2D eigenvalue weighted by Crippen LogP contribution is 2.25. The molecule has 0 radical (unpaired) electrons. The molecule has 1 aliphatic heterocycles. The lowest BCUT2D eigenvalue weighted by atomic mass is 9.98. The molecular weight excluding hydrogens is 320 g/mol. The smallest absolute Gasteiger partial charge is 0.356 e. The molecule has 25 heavy (non-hydrogen) atoms. The molecular formula is C19H18N2O4. The number of benzene rings is 1. The fourth-order valence-electron chi connectivity index (χ4n) is 2.81. The molecule has 0 bridgehead atoms. The van der Waals surface area contributed by atoms with Crippen LogP contribution in [-0.4, -0.2) is 47.3 Å². The van der Waals surface area contributed by atoms with Gasteiger partial charge in [0.05, 0.1) is 13.7 Å². The van der Waals surface area contributed by atoms with E-state index in [2.05, 4.69) is 5.10 Å². The van der Waals surface area contributed by atoms with Crippen LogP contribution in [0.15, 0.2) is 59.2 Å². The average molecular weight is 338 g/mol. The van der Waals surface area contributed by atoms with Gasteiger partial charge < -0.3 is 9.84 Å². The molecule has 128 valence electrons. The Kier molecular flexibility index (Phi) is 4.52. The van der Waals surface area contributed by atoms with Gasteiger partial charge in [-0.1, -0.05) is 30.4 Å². The van der Waals surface area contributed by atoms with E-state index in [1.54, 1.807) is 49.6 Å².